The van der Waals surface area contributed by atoms with Crippen LogP contribution in [-0.2, 0) is 4.79 Å². The molecule has 1 unspecified atom stereocenters. The fourth-order valence-corrected chi connectivity index (χ4v) is 3.18. The Hall–Kier alpha value is -2.38. The smallest absolute Gasteiger partial charge is 0.255 e. The molecule has 0 spiro atoms. The molecule has 2 aromatic carbocycles. The van der Waals surface area contributed by atoms with Crippen molar-refractivity contribution in [3.8, 4) is 5.75 Å². The first-order valence-corrected chi connectivity index (χ1v) is 8.78. The van der Waals surface area contributed by atoms with E-state index < -0.39 is 6.04 Å². The highest BCUT2D eigenvalue weighted by Gasteiger charge is 2.29. The van der Waals surface area contributed by atoms with Crippen molar-refractivity contribution in [2.45, 2.75) is 13.0 Å². The lowest BCUT2D eigenvalue weighted by atomic mass is 9.95. The zero-order valence-corrected chi connectivity index (χ0v) is 15.7. The zero-order chi connectivity index (χ0) is 18.0. The van der Waals surface area contributed by atoms with Gasteiger partial charge < -0.3 is 21.1 Å². The van der Waals surface area contributed by atoms with Gasteiger partial charge in [-0.15, -0.1) is 0 Å². The van der Waals surface area contributed by atoms with Gasteiger partial charge in [0.15, 0.2) is 5.11 Å². The van der Waals surface area contributed by atoms with Gasteiger partial charge in [-0.3, -0.25) is 4.79 Å². The number of hydrogen-bond donors (Lipinski definition) is 4. The highest BCUT2D eigenvalue weighted by molar-refractivity contribution is 9.10. The maximum absolute atomic E-state index is 12.9. The van der Waals surface area contributed by atoms with Crippen LogP contribution < -0.4 is 16.0 Å². The predicted molar refractivity (Wildman–Crippen MR) is 105 cm³/mol. The number of anilines is 1. The van der Waals surface area contributed by atoms with Gasteiger partial charge in [-0.1, -0.05) is 28.1 Å². The van der Waals surface area contributed by atoms with Crippen molar-refractivity contribution in [3.05, 3.63) is 69.8 Å². The summed E-state index contributed by atoms with van der Waals surface area (Å²) < 4.78 is 0.939. The average molecular weight is 418 g/mol. The Morgan fingerprint density at radius 2 is 1.80 bits per heavy atom. The van der Waals surface area contributed by atoms with Crippen molar-refractivity contribution in [2.24, 2.45) is 0 Å². The van der Waals surface area contributed by atoms with Gasteiger partial charge in [0.2, 0.25) is 0 Å². The quantitative estimate of drug-likeness (QED) is 0.574. The first-order valence-electron chi connectivity index (χ1n) is 7.58. The molecule has 1 amide bonds. The topological polar surface area (TPSA) is 73.4 Å². The van der Waals surface area contributed by atoms with Gasteiger partial charge in [0.25, 0.3) is 5.91 Å². The Balaban J connectivity index is 1.92. The van der Waals surface area contributed by atoms with Gasteiger partial charge in [0, 0.05) is 15.9 Å². The second-order valence-corrected chi connectivity index (χ2v) is 6.95. The highest BCUT2D eigenvalue weighted by Crippen LogP contribution is 2.29. The number of thiocarbonyl (C=S) groups is 1. The van der Waals surface area contributed by atoms with Gasteiger partial charge in [-0.2, -0.15) is 0 Å². The molecular formula is C18H16BrN3O2S. The summed E-state index contributed by atoms with van der Waals surface area (Å²) in [6, 6.07) is 13.7. The van der Waals surface area contributed by atoms with Crippen LogP contribution in [0, 0.1) is 0 Å². The molecule has 2 aromatic rings. The summed E-state index contributed by atoms with van der Waals surface area (Å²) in [6.07, 6.45) is 0. The van der Waals surface area contributed by atoms with Gasteiger partial charge in [-0.05, 0) is 61.1 Å². The lowest BCUT2D eigenvalue weighted by Crippen LogP contribution is -2.45. The number of nitrogens with one attached hydrogen (secondary N) is 3. The molecule has 1 aliphatic heterocycles. The number of allylic oxidation sites excluding steroid dienone is 1. The molecule has 1 heterocycles. The van der Waals surface area contributed by atoms with Crippen molar-refractivity contribution in [3.63, 3.8) is 0 Å². The molecule has 5 nitrogen and oxygen atoms in total. The van der Waals surface area contributed by atoms with Crippen LogP contribution >= 0.6 is 28.1 Å². The zero-order valence-electron chi connectivity index (χ0n) is 13.3. The number of rotatable bonds is 3. The molecule has 0 bridgehead atoms. The van der Waals surface area contributed by atoms with Crippen LogP contribution in [0.25, 0.3) is 0 Å². The Kier molecular flexibility index (Phi) is 5.06. The average Bonchev–Trinajstić information content (AvgIpc) is 2.57. The largest absolute Gasteiger partial charge is 0.508 e. The minimum Gasteiger partial charge on any atom is -0.508 e. The lowest BCUT2D eigenvalue weighted by molar-refractivity contribution is -0.113. The number of carbonyl (C=O) groups excluding carboxylic acids is 1. The van der Waals surface area contributed by atoms with Crippen LogP contribution in [0.1, 0.15) is 18.5 Å². The van der Waals surface area contributed by atoms with E-state index in [2.05, 4.69) is 31.9 Å². The lowest BCUT2D eigenvalue weighted by Gasteiger charge is -2.30. The van der Waals surface area contributed by atoms with Crippen LogP contribution in [0.3, 0.4) is 0 Å². The van der Waals surface area contributed by atoms with Crippen molar-refractivity contribution in [1.82, 2.24) is 10.6 Å². The number of hydrogen-bond acceptors (Lipinski definition) is 3. The van der Waals surface area contributed by atoms with E-state index in [0.717, 1.165) is 10.0 Å². The molecule has 0 fully saturated rings. The van der Waals surface area contributed by atoms with E-state index in [1.807, 2.05) is 31.2 Å². The molecule has 0 saturated heterocycles. The standard InChI is InChI=1S/C18H16BrN3O2S/c1-10-15(17(24)21-13-6-4-12(19)5-7-13)16(22-18(25)20-10)11-2-8-14(23)9-3-11/h2-9,16,23H,1H3,(H,21,24)(H2,20,22,25). The SMILES string of the molecule is CC1=C(C(=O)Nc2ccc(Br)cc2)C(c2ccc(O)cc2)NC(=S)N1. The van der Waals surface area contributed by atoms with E-state index in [1.165, 1.54) is 0 Å². The molecule has 25 heavy (non-hydrogen) atoms. The normalized spacial score (nSPS) is 16.9. The van der Waals surface area contributed by atoms with Gasteiger partial charge in [-0.25, -0.2) is 0 Å². The summed E-state index contributed by atoms with van der Waals surface area (Å²) in [7, 11) is 0. The molecule has 128 valence electrons. The monoisotopic (exact) mass is 417 g/mol. The van der Waals surface area contributed by atoms with Crippen molar-refractivity contribution >= 4 is 44.9 Å². The second kappa shape index (κ2) is 7.25. The third-order valence-corrected chi connectivity index (χ3v) is 4.59. The van der Waals surface area contributed by atoms with E-state index in [4.69, 9.17) is 12.2 Å². The summed E-state index contributed by atoms with van der Waals surface area (Å²) in [5.41, 5.74) is 2.77. The third-order valence-electron chi connectivity index (χ3n) is 3.84. The Bertz CT molecular complexity index is 848. The predicted octanol–water partition coefficient (Wildman–Crippen LogP) is 3.59. The fourth-order valence-electron chi connectivity index (χ4n) is 2.64. The summed E-state index contributed by atoms with van der Waals surface area (Å²) >= 11 is 8.60. The van der Waals surface area contributed by atoms with E-state index in [1.54, 1.807) is 24.3 Å². The maximum atomic E-state index is 12.9. The number of phenolic OH excluding ortho intramolecular Hbond substituents is 1. The van der Waals surface area contributed by atoms with Crippen molar-refractivity contribution < 1.29 is 9.90 Å². The van der Waals surface area contributed by atoms with Crippen LogP contribution in [0.4, 0.5) is 5.69 Å². The molecule has 0 aliphatic carbocycles. The van der Waals surface area contributed by atoms with E-state index in [-0.39, 0.29) is 11.7 Å². The van der Waals surface area contributed by atoms with E-state index in [0.29, 0.717) is 22.1 Å². The van der Waals surface area contributed by atoms with E-state index in [9.17, 15) is 9.90 Å². The fraction of sp³-hybridized carbons (Fsp3) is 0.111. The minimum atomic E-state index is -0.398. The summed E-state index contributed by atoms with van der Waals surface area (Å²) in [4.78, 5) is 12.9. The summed E-state index contributed by atoms with van der Waals surface area (Å²) in [6.45, 7) is 1.82. The molecule has 7 heteroatoms. The molecule has 3 rings (SSSR count). The van der Waals surface area contributed by atoms with E-state index >= 15 is 0 Å². The molecule has 0 aromatic heterocycles. The van der Waals surface area contributed by atoms with Crippen molar-refractivity contribution in [1.29, 1.82) is 0 Å². The molecule has 4 N–H and O–H groups in total. The Morgan fingerprint density at radius 1 is 1.16 bits per heavy atom. The molecule has 1 aliphatic rings. The number of aromatic hydroxyl groups is 1. The molecular weight excluding hydrogens is 402 g/mol. The van der Waals surface area contributed by atoms with Crippen LogP contribution in [0.5, 0.6) is 5.75 Å². The number of halogens is 1. The first-order chi connectivity index (χ1) is 11.9. The van der Waals surface area contributed by atoms with Gasteiger partial charge in [0.05, 0.1) is 11.6 Å². The molecule has 1 atom stereocenters. The number of carbonyl (C=O) groups is 1. The Morgan fingerprint density at radius 3 is 2.44 bits per heavy atom. The first kappa shape index (κ1) is 17.4. The third kappa shape index (κ3) is 4.00. The van der Waals surface area contributed by atoms with Crippen LogP contribution in [-0.4, -0.2) is 16.1 Å². The van der Waals surface area contributed by atoms with Crippen LogP contribution in [0.2, 0.25) is 0 Å². The van der Waals surface area contributed by atoms with Crippen LogP contribution in [0.15, 0.2) is 64.3 Å². The maximum Gasteiger partial charge on any atom is 0.255 e. The minimum absolute atomic E-state index is 0.168. The Labute approximate surface area is 159 Å². The number of benzene rings is 2. The molecule has 0 radical (unpaired) electrons. The summed E-state index contributed by atoms with van der Waals surface area (Å²) in [5.74, 6) is -0.0535. The number of phenols is 1. The van der Waals surface area contributed by atoms with Gasteiger partial charge in [0.1, 0.15) is 5.75 Å². The number of amides is 1. The second-order valence-electron chi connectivity index (χ2n) is 5.62. The van der Waals surface area contributed by atoms with Crippen molar-refractivity contribution in [2.75, 3.05) is 5.32 Å². The van der Waals surface area contributed by atoms with Gasteiger partial charge >= 0.3 is 0 Å². The molecule has 0 saturated carbocycles. The summed E-state index contributed by atoms with van der Waals surface area (Å²) in [5, 5.41) is 19.0. The highest BCUT2D eigenvalue weighted by atomic mass is 79.9.